The molecule has 4 aromatic rings. The minimum absolute atomic E-state index is 0.122. The number of nitrogens with one attached hydrogen (secondary N) is 2. The Balaban J connectivity index is 1.22. The van der Waals surface area contributed by atoms with E-state index in [9.17, 15) is 23.6 Å². The van der Waals surface area contributed by atoms with E-state index < -0.39 is 17.6 Å². The van der Waals surface area contributed by atoms with Crippen molar-refractivity contribution in [3.8, 4) is 0 Å². The zero-order valence-corrected chi connectivity index (χ0v) is 22.5. The van der Waals surface area contributed by atoms with E-state index in [-0.39, 0.29) is 29.6 Å². The number of hydrogen-bond acceptors (Lipinski definition) is 5. The summed E-state index contributed by atoms with van der Waals surface area (Å²) in [6.45, 7) is 0.265. The smallest absolute Gasteiger partial charge is 0.272 e. The minimum Gasteiger partial charge on any atom is -0.321 e. The summed E-state index contributed by atoms with van der Waals surface area (Å²) in [6.07, 6.45) is 1.29. The summed E-state index contributed by atoms with van der Waals surface area (Å²) in [5.41, 5.74) is 1.69. The van der Waals surface area contributed by atoms with Crippen LogP contribution in [0.15, 0.2) is 114 Å². The van der Waals surface area contributed by atoms with Crippen LogP contribution in [0.4, 0.5) is 10.1 Å². The maximum Gasteiger partial charge on any atom is 0.272 e. The molecule has 0 atom stereocenters. The summed E-state index contributed by atoms with van der Waals surface area (Å²) >= 11 is 1.46. The highest BCUT2D eigenvalue weighted by molar-refractivity contribution is 7.99. The molecule has 4 amide bonds. The summed E-state index contributed by atoms with van der Waals surface area (Å²) < 4.78 is 14.3. The molecule has 0 radical (unpaired) electrons. The quantitative estimate of drug-likeness (QED) is 0.156. The van der Waals surface area contributed by atoms with Crippen molar-refractivity contribution >= 4 is 47.2 Å². The molecule has 5 rings (SSSR count). The molecule has 1 heterocycles. The Labute approximate surface area is 240 Å². The first-order valence-electron chi connectivity index (χ1n) is 12.7. The van der Waals surface area contributed by atoms with Crippen molar-refractivity contribution in [2.75, 3.05) is 17.6 Å². The molecule has 1 aliphatic heterocycles. The molecule has 204 valence electrons. The van der Waals surface area contributed by atoms with Gasteiger partial charge in [-0.05, 0) is 60.7 Å². The molecule has 9 heteroatoms. The predicted octanol–water partition coefficient (Wildman–Crippen LogP) is 5.62. The fourth-order valence-electron chi connectivity index (χ4n) is 4.22. The van der Waals surface area contributed by atoms with Gasteiger partial charge in [0.05, 0.1) is 11.1 Å². The second-order valence-corrected chi connectivity index (χ2v) is 10.2. The third-order valence-corrected chi connectivity index (χ3v) is 7.30. The number of rotatable bonds is 9. The summed E-state index contributed by atoms with van der Waals surface area (Å²) in [5.74, 6) is -1.74. The van der Waals surface area contributed by atoms with E-state index in [0.717, 1.165) is 4.90 Å². The number of hydrogen-bond donors (Lipinski definition) is 2. The van der Waals surface area contributed by atoms with E-state index in [1.165, 1.54) is 40.9 Å². The average molecular weight is 566 g/mol. The molecule has 4 aromatic carbocycles. The van der Waals surface area contributed by atoms with E-state index in [1.807, 2.05) is 0 Å². The number of carbonyl (C=O) groups excluding carboxylic acids is 4. The van der Waals surface area contributed by atoms with E-state index in [1.54, 1.807) is 84.9 Å². The first kappa shape index (κ1) is 27.5. The number of amides is 4. The highest BCUT2D eigenvalue weighted by Gasteiger charge is 2.34. The van der Waals surface area contributed by atoms with Crippen LogP contribution in [0.25, 0.3) is 6.08 Å². The third kappa shape index (κ3) is 6.42. The molecule has 0 saturated carbocycles. The minimum atomic E-state index is -0.622. The van der Waals surface area contributed by atoms with Crippen LogP contribution >= 0.6 is 11.8 Å². The molecule has 0 unspecified atom stereocenters. The van der Waals surface area contributed by atoms with Crippen molar-refractivity contribution in [1.29, 1.82) is 0 Å². The molecule has 0 aliphatic carbocycles. The maximum absolute atomic E-state index is 14.3. The third-order valence-electron chi connectivity index (χ3n) is 6.31. The lowest BCUT2D eigenvalue weighted by Crippen LogP contribution is -2.31. The summed E-state index contributed by atoms with van der Waals surface area (Å²) in [7, 11) is 0. The second-order valence-electron chi connectivity index (χ2n) is 9.03. The van der Waals surface area contributed by atoms with Crippen molar-refractivity contribution in [3.63, 3.8) is 0 Å². The van der Waals surface area contributed by atoms with Crippen LogP contribution in [-0.4, -0.2) is 40.8 Å². The van der Waals surface area contributed by atoms with Crippen LogP contribution < -0.4 is 10.6 Å². The Morgan fingerprint density at radius 1 is 0.780 bits per heavy atom. The summed E-state index contributed by atoms with van der Waals surface area (Å²) in [5, 5.41) is 5.33. The van der Waals surface area contributed by atoms with Crippen LogP contribution in [0.1, 0.15) is 36.6 Å². The number of anilines is 1. The van der Waals surface area contributed by atoms with Gasteiger partial charge in [0.1, 0.15) is 11.5 Å². The van der Waals surface area contributed by atoms with Crippen LogP contribution in [0.3, 0.4) is 0 Å². The molecular weight excluding hydrogens is 541 g/mol. The highest BCUT2D eigenvalue weighted by Crippen LogP contribution is 2.25. The molecular formula is C32H24FN3O4S. The van der Waals surface area contributed by atoms with Gasteiger partial charge in [0.15, 0.2) is 0 Å². The largest absolute Gasteiger partial charge is 0.321 e. The van der Waals surface area contributed by atoms with Gasteiger partial charge >= 0.3 is 0 Å². The number of halogens is 1. The topological polar surface area (TPSA) is 95.6 Å². The van der Waals surface area contributed by atoms with Crippen LogP contribution in [0.2, 0.25) is 0 Å². The van der Waals surface area contributed by atoms with Crippen molar-refractivity contribution < 1.29 is 23.6 Å². The number of imide groups is 1. The molecule has 0 aromatic heterocycles. The highest BCUT2D eigenvalue weighted by atomic mass is 32.2. The predicted molar refractivity (Wildman–Crippen MR) is 156 cm³/mol. The van der Waals surface area contributed by atoms with Crippen LogP contribution in [0, 0.1) is 5.82 Å². The summed E-state index contributed by atoms with van der Waals surface area (Å²) in [4.78, 5) is 53.1. The SMILES string of the molecule is O=C(Nc1ccc(SCCN2C(=O)c3ccccc3C2=O)cc1)/C(=C/c1ccccc1F)NC(=O)c1ccccc1. The van der Waals surface area contributed by atoms with E-state index in [2.05, 4.69) is 10.6 Å². The molecule has 0 saturated heterocycles. The van der Waals surface area contributed by atoms with Crippen LogP contribution in [-0.2, 0) is 4.79 Å². The van der Waals surface area contributed by atoms with Crippen LogP contribution in [0.5, 0.6) is 0 Å². The molecule has 1 aliphatic rings. The van der Waals surface area contributed by atoms with Gasteiger partial charge < -0.3 is 10.6 Å². The van der Waals surface area contributed by atoms with Crippen molar-refractivity contribution in [3.05, 3.63) is 137 Å². The zero-order valence-electron chi connectivity index (χ0n) is 21.7. The first-order chi connectivity index (χ1) is 19.9. The summed E-state index contributed by atoms with van der Waals surface area (Å²) in [6, 6.07) is 28.1. The Morgan fingerprint density at radius 2 is 1.39 bits per heavy atom. The second kappa shape index (κ2) is 12.4. The van der Waals surface area contributed by atoms with Gasteiger partial charge in [0.2, 0.25) is 0 Å². The lowest BCUT2D eigenvalue weighted by atomic mass is 10.1. The van der Waals surface area contributed by atoms with Gasteiger partial charge in [-0.3, -0.25) is 24.1 Å². The number of nitrogens with zero attached hydrogens (tertiary/aromatic N) is 1. The zero-order chi connectivity index (χ0) is 28.8. The Morgan fingerprint density at radius 3 is 2.05 bits per heavy atom. The van der Waals surface area contributed by atoms with Gasteiger partial charge in [0.25, 0.3) is 23.6 Å². The Kier molecular flexibility index (Phi) is 8.36. The van der Waals surface area contributed by atoms with Gasteiger partial charge in [0, 0.05) is 34.0 Å². The van der Waals surface area contributed by atoms with Gasteiger partial charge in [-0.15, -0.1) is 11.8 Å². The van der Waals surface area contributed by atoms with Crippen molar-refractivity contribution in [2.45, 2.75) is 4.90 Å². The number of benzene rings is 4. The van der Waals surface area contributed by atoms with Crippen molar-refractivity contribution in [2.24, 2.45) is 0 Å². The van der Waals surface area contributed by atoms with E-state index in [0.29, 0.717) is 28.1 Å². The lowest BCUT2D eigenvalue weighted by Gasteiger charge is -2.14. The van der Waals surface area contributed by atoms with E-state index in [4.69, 9.17) is 0 Å². The molecule has 2 N–H and O–H groups in total. The average Bonchev–Trinajstić information content (AvgIpc) is 3.24. The monoisotopic (exact) mass is 565 g/mol. The Hall–Kier alpha value is -5.02. The maximum atomic E-state index is 14.3. The number of carbonyl (C=O) groups is 4. The number of thioether (sulfide) groups is 1. The van der Waals surface area contributed by atoms with Gasteiger partial charge in [-0.25, -0.2) is 4.39 Å². The molecule has 0 bridgehead atoms. The molecule has 41 heavy (non-hydrogen) atoms. The normalized spacial score (nSPS) is 12.7. The van der Waals surface area contributed by atoms with Crippen molar-refractivity contribution in [1.82, 2.24) is 10.2 Å². The molecule has 7 nitrogen and oxygen atoms in total. The van der Waals surface area contributed by atoms with Gasteiger partial charge in [-0.2, -0.15) is 0 Å². The first-order valence-corrected chi connectivity index (χ1v) is 13.7. The fraction of sp³-hybridized carbons (Fsp3) is 0.0625. The lowest BCUT2D eigenvalue weighted by molar-refractivity contribution is -0.113. The Bertz CT molecular complexity index is 1620. The standard InChI is InChI=1S/C32H24FN3O4S/c33-27-13-7-4-10-22(27)20-28(35-29(37)21-8-2-1-3-9-21)30(38)34-23-14-16-24(17-15-23)41-19-18-36-31(39)25-11-5-6-12-26(25)32(36)40/h1-17,20H,18-19H2,(H,34,38)(H,35,37)/b28-20-. The molecule has 0 fully saturated rings. The fourth-order valence-corrected chi connectivity index (χ4v) is 5.06. The van der Waals surface area contributed by atoms with Gasteiger partial charge in [-0.1, -0.05) is 48.5 Å². The van der Waals surface area contributed by atoms with E-state index >= 15 is 0 Å². The molecule has 0 spiro atoms. The number of fused-ring (bicyclic) bond motifs is 1.